The summed E-state index contributed by atoms with van der Waals surface area (Å²) in [5, 5.41) is 9.44. The Bertz CT molecular complexity index is 355. The summed E-state index contributed by atoms with van der Waals surface area (Å²) in [6.07, 6.45) is 2.45. The molecule has 1 fully saturated rings. The lowest BCUT2D eigenvalue weighted by molar-refractivity contribution is -0.160. The Morgan fingerprint density at radius 2 is 2.05 bits per heavy atom. The van der Waals surface area contributed by atoms with Crippen molar-refractivity contribution in [3.05, 3.63) is 0 Å². The predicted molar refractivity (Wildman–Crippen MR) is 73.6 cm³/mol. The summed E-state index contributed by atoms with van der Waals surface area (Å²) >= 11 is 0. The average molecular weight is 270 g/mol. The lowest BCUT2D eigenvalue weighted by atomic mass is 9.76. The van der Waals surface area contributed by atoms with E-state index in [9.17, 15) is 14.7 Å². The van der Waals surface area contributed by atoms with Gasteiger partial charge in [-0.2, -0.15) is 0 Å². The van der Waals surface area contributed by atoms with Crippen molar-refractivity contribution in [2.75, 3.05) is 6.54 Å². The number of carboxylic acids is 1. The van der Waals surface area contributed by atoms with Crippen molar-refractivity contribution in [3.8, 4) is 0 Å². The average Bonchev–Trinajstić information content (AvgIpc) is 2.33. The molecule has 5 nitrogen and oxygen atoms in total. The summed E-state index contributed by atoms with van der Waals surface area (Å²) in [6.45, 7) is 8.20. The second-order valence-corrected chi connectivity index (χ2v) is 6.28. The largest absolute Gasteiger partial charge is 0.480 e. The minimum absolute atomic E-state index is 0.0620. The van der Waals surface area contributed by atoms with Gasteiger partial charge in [0.25, 0.3) is 0 Å². The second kappa shape index (κ2) is 5.90. The fourth-order valence-electron chi connectivity index (χ4n) is 2.79. The fourth-order valence-corrected chi connectivity index (χ4v) is 2.79. The number of hydrogen-bond acceptors (Lipinski definition) is 3. The third kappa shape index (κ3) is 3.26. The molecule has 1 aliphatic rings. The first-order valence-electron chi connectivity index (χ1n) is 7.01. The lowest BCUT2D eigenvalue weighted by Crippen LogP contribution is -2.60. The summed E-state index contributed by atoms with van der Waals surface area (Å²) < 4.78 is 0. The van der Waals surface area contributed by atoms with Crippen LogP contribution in [0.4, 0.5) is 0 Å². The van der Waals surface area contributed by atoms with Gasteiger partial charge in [0.1, 0.15) is 6.04 Å². The maximum Gasteiger partial charge on any atom is 0.326 e. The van der Waals surface area contributed by atoms with Crippen LogP contribution in [0.5, 0.6) is 0 Å². The van der Waals surface area contributed by atoms with Crippen LogP contribution >= 0.6 is 0 Å². The first-order valence-corrected chi connectivity index (χ1v) is 7.01. The van der Waals surface area contributed by atoms with Gasteiger partial charge in [0, 0.05) is 6.54 Å². The van der Waals surface area contributed by atoms with E-state index in [4.69, 9.17) is 5.73 Å². The van der Waals surface area contributed by atoms with Gasteiger partial charge in [0.05, 0.1) is 6.04 Å². The maximum atomic E-state index is 12.4. The first kappa shape index (κ1) is 16.0. The minimum atomic E-state index is -0.936. The Labute approximate surface area is 115 Å². The van der Waals surface area contributed by atoms with E-state index in [1.54, 1.807) is 0 Å². The number of carbonyl (C=O) groups is 2. The Morgan fingerprint density at radius 1 is 1.47 bits per heavy atom. The number of hydrogen-bond donors (Lipinski definition) is 2. The van der Waals surface area contributed by atoms with E-state index < -0.39 is 23.5 Å². The van der Waals surface area contributed by atoms with Gasteiger partial charge in [-0.25, -0.2) is 4.79 Å². The van der Waals surface area contributed by atoms with Crippen molar-refractivity contribution in [2.45, 2.75) is 59.0 Å². The molecule has 3 N–H and O–H groups in total. The molecule has 110 valence electrons. The monoisotopic (exact) mass is 270 g/mol. The van der Waals surface area contributed by atoms with Crippen LogP contribution in [0.3, 0.4) is 0 Å². The van der Waals surface area contributed by atoms with E-state index >= 15 is 0 Å². The molecule has 0 aromatic heterocycles. The molecule has 0 aromatic rings. The summed E-state index contributed by atoms with van der Waals surface area (Å²) in [5.41, 5.74) is 5.56. The number of carboxylic acid groups (broad SMARTS) is 1. The zero-order valence-electron chi connectivity index (χ0n) is 12.3. The molecule has 3 atom stereocenters. The van der Waals surface area contributed by atoms with E-state index in [2.05, 4.69) is 0 Å². The normalized spacial score (nSPS) is 25.7. The SMILES string of the molecule is CCC(C)C(N)C(=O)N1CCCC(C)(C)C1C(=O)O. The molecular formula is C14H26N2O3. The number of piperidine rings is 1. The second-order valence-electron chi connectivity index (χ2n) is 6.28. The number of likely N-dealkylation sites (tertiary alicyclic amines) is 1. The Balaban J connectivity index is 2.96. The Hall–Kier alpha value is -1.10. The van der Waals surface area contributed by atoms with Gasteiger partial charge in [0.15, 0.2) is 0 Å². The topological polar surface area (TPSA) is 83.6 Å². The molecule has 0 radical (unpaired) electrons. The highest BCUT2D eigenvalue weighted by Crippen LogP contribution is 2.35. The van der Waals surface area contributed by atoms with Gasteiger partial charge in [0.2, 0.25) is 5.91 Å². The highest BCUT2D eigenvalue weighted by molar-refractivity contribution is 5.87. The van der Waals surface area contributed by atoms with Crippen LogP contribution < -0.4 is 5.73 Å². The predicted octanol–water partition coefficient (Wildman–Crippen LogP) is 1.46. The number of nitrogens with two attached hydrogens (primary N) is 1. The molecule has 1 rings (SSSR count). The van der Waals surface area contributed by atoms with E-state index in [0.29, 0.717) is 6.54 Å². The van der Waals surface area contributed by atoms with Gasteiger partial charge in [-0.1, -0.05) is 34.1 Å². The molecule has 0 aromatic carbocycles. The van der Waals surface area contributed by atoms with Crippen molar-refractivity contribution >= 4 is 11.9 Å². The Kier molecular flexibility index (Phi) is 4.96. The molecule has 0 aliphatic carbocycles. The molecule has 1 amide bonds. The number of carbonyl (C=O) groups excluding carboxylic acids is 1. The quantitative estimate of drug-likeness (QED) is 0.810. The van der Waals surface area contributed by atoms with Crippen molar-refractivity contribution < 1.29 is 14.7 Å². The number of amides is 1. The van der Waals surface area contributed by atoms with Gasteiger partial charge in [-0.15, -0.1) is 0 Å². The van der Waals surface area contributed by atoms with E-state index in [-0.39, 0.29) is 11.8 Å². The van der Waals surface area contributed by atoms with E-state index in [0.717, 1.165) is 19.3 Å². The Morgan fingerprint density at radius 3 is 2.53 bits per heavy atom. The third-order valence-electron chi connectivity index (χ3n) is 4.33. The lowest BCUT2D eigenvalue weighted by Gasteiger charge is -2.45. The highest BCUT2D eigenvalue weighted by atomic mass is 16.4. The van der Waals surface area contributed by atoms with Crippen molar-refractivity contribution in [1.29, 1.82) is 0 Å². The van der Waals surface area contributed by atoms with Crippen LogP contribution in [0.25, 0.3) is 0 Å². The third-order valence-corrected chi connectivity index (χ3v) is 4.33. The standard InChI is InChI=1S/C14H26N2O3/c1-5-9(2)10(15)12(17)16-8-6-7-14(3,4)11(16)13(18)19/h9-11H,5-8,15H2,1-4H3,(H,18,19). The van der Waals surface area contributed by atoms with Crippen molar-refractivity contribution in [2.24, 2.45) is 17.1 Å². The van der Waals surface area contributed by atoms with E-state index in [1.807, 2.05) is 27.7 Å². The molecule has 0 bridgehead atoms. The zero-order chi connectivity index (χ0) is 14.8. The summed E-state index contributed by atoms with van der Waals surface area (Å²) in [4.78, 5) is 25.4. The van der Waals surface area contributed by atoms with Gasteiger partial charge in [-0.05, 0) is 24.2 Å². The maximum absolute atomic E-state index is 12.4. The molecular weight excluding hydrogens is 244 g/mol. The summed E-state index contributed by atoms with van der Waals surface area (Å²) in [6, 6.07) is -1.38. The van der Waals surface area contributed by atoms with Gasteiger partial charge < -0.3 is 15.7 Å². The van der Waals surface area contributed by atoms with Gasteiger partial charge >= 0.3 is 5.97 Å². The molecule has 1 heterocycles. The molecule has 3 unspecified atom stereocenters. The van der Waals surface area contributed by atoms with Crippen LogP contribution in [0.2, 0.25) is 0 Å². The van der Waals surface area contributed by atoms with Gasteiger partial charge in [-0.3, -0.25) is 4.79 Å². The molecule has 19 heavy (non-hydrogen) atoms. The fraction of sp³-hybridized carbons (Fsp3) is 0.857. The van der Waals surface area contributed by atoms with Crippen LogP contribution in [0, 0.1) is 11.3 Å². The van der Waals surface area contributed by atoms with Crippen LogP contribution in [0.1, 0.15) is 47.0 Å². The minimum Gasteiger partial charge on any atom is -0.480 e. The smallest absolute Gasteiger partial charge is 0.326 e. The van der Waals surface area contributed by atoms with E-state index in [1.165, 1.54) is 4.90 Å². The summed E-state index contributed by atoms with van der Waals surface area (Å²) in [5.74, 6) is -1.10. The molecule has 5 heteroatoms. The first-order chi connectivity index (χ1) is 8.72. The van der Waals surface area contributed by atoms with Crippen molar-refractivity contribution in [1.82, 2.24) is 4.90 Å². The number of nitrogens with zero attached hydrogens (tertiary/aromatic N) is 1. The molecule has 1 aliphatic heterocycles. The highest BCUT2D eigenvalue weighted by Gasteiger charge is 2.45. The van der Waals surface area contributed by atoms with Crippen LogP contribution in [-0.4, -0.2) is 40.5 Å². The van der Waals surface area contributed by atoms with Crippen molar-refractivity contribution in [3.63, 3.8) is 0 Å². The van der Waals surface area contributed by atoms with Crippen LogP contribution in [0.15, 0.2) is 0 Å². The number of rotatable bonds is 4. The molecule has 1 saturated heterocycles. The zero-order valence-corrected chi connectivity index (χ0v) is 12.3. The molecule has 0 saturated carbocycles. The molecule has 0 spiro atoms. The van der Waals surface area contributed by atoms with Crippen LogP contribution in [-0.2, 0) is 9.59 Å². The summed E-state index contributed by atoms with van der Waals surface area (Å²) in [7, 11) is 0. The number of aliphatic carboxylic acids is 1.